The predicted octanol–water partition coefficient (Wildman–Crippen LogP) is 2.58. The third kappa shape index (κ3) is 5.10. The molecule has 3 amide bonds. The number of amides is 3. The van der Waals surface area contributed by atoms with Gasteiger partial charge in [0.2, 0.25) is 11.8 Å². The number of hydrogen-bond acceptors (Lipinski definition) is 6. The number of ether oxygens (including phenoxy) is 1. The molecule has 2 aromatic rings. The van der Waals surface area contributed by atoms with Gasteiger partial charge in [0.25, 0.3) is 0 Å². The van der Waals surface area contributed by atoms with Crippen LogP contribution in [0.15, 0.2) is 23.0 Å². The summed E-state index contributed by atoms with van der Waals surface area (Å²) in [7, 11) is 1.75. The van der Waals surface area contributed by atoms with Crippen LogP contribution in [0.1, 0.15) is 64.5 Å². The van der Waals surface area contributed by atoms with Crippen LogP contribution in [0.2, 0.25) is 0 Å². The number of rotatable bonds is 5. The molecule has 38 heavy (non-hydrogen) atoms. The molecule has 0 saturated carbocycles. The molecule has 1 aromatic carbocycles. The van der Waals surface area contributed by atoms with E-state index in [2.05, 4.69) is 16.3 Å². The van der Waals surface area contributed by atoms with Crippen LogP contribution in [0, 0.1) is 5.41 Å². The van der Waals surface area contributed by atoms with Crippen molar-refractivity contribution in [1.82, 2.24) is 24.3 Å². The van der Waals surface area contributed by atoms with Crippen LogP contribution in [-0.4, -0.2) is 75.2 Å². The molecular formula is C28H39N5O5. The molecule has 0 bridgehead atoms. The van der Waals surface area contributed by atoms with Gasteiger partial charge in [0, 0.05) is 32.0 Å². The van der Waals surface area contributed by atoms with Gasteiger partial charge in [-0.2, -0.15) is 0 Å². The Morgan fingerprint density at radius 1 is 1.13 bits per heavy atom. The predicted molar refractivity (Wildman–Crippen MR) is 143 cm³/mol. The van der Waals surface area contributed by atoms with Gasteiger partial charge in [-0.1, -0.05) is 12.1 Å². The number of hydrogen-bond donors (Lipinski definition) is 1. The first-order chi connectivity index (χ1) is 18.0. The Balaban J connectivity index is 1.17. The number of piperidine rings is 2. The van der Waals surface area contributed by atoms with Gasteiger partial charge in [-0.3, -0.25) is 24.0 Å². The number of benzene rings is 1. The number of para-hydroxylation sites is 1. The van der Waals surface area contributed by atoms with Crippen LogP contribution in [0.4, 0.5) is 4.79 Å². The van der Waals surface area contributed by atoms with E-state index in [1.54, 1.807) is 16.2 Å². The van der Waals surface area contributed by atoms with Gasteiger partial charge >= 0.3 is 11.8 Å². The van der Waals surface area contributed by atoms with Crippen molar-refractivity contribution in [3.63, 3.8) is 0 Å². The minimum Gasteiger partial charge on any atom is -0.444 e. The maximum absolute atomic E-state index is 13.1. The van der Waals surface area contributed by atoms with Crippen LogP contribution >= 0.6 is 0 Å². The fourth-order valence-corrected chi connectivity index (χ4v) is 6.23. The second-order valence-corrected chi connectivity index (χ2v) is 12.2. The highest BCUT2D eigenvalue weighted by Gasteiger charge is 2.47. The van der Waals surface area contributed by atoms with Crippen molar-refractivity contribution in [3.8, 4) is 0 Å². The minimum atomic E-state index is -0.669. The molecule has 1 aromatic heterocycles. The second-order valence-electron chi connectivity index (χ2n) is 12.2. The Hall–Kier alpha value is -3.14. The fourth-order valence-electron chi connectivity index (χ4n) is 6.23. The summed E-state index contributed by atoms with van der Waals surface area (Å²) < 4.78 is 8.68. The number of carbonyl (C=O) groups excluding carboxylic acids is 3. The first-order valence-electron chi connectivity index (χ1n) is 13.7. The van der Waals surface area contributed by atoms with E-state index in [1.807, 2.05) is 37.8 Å². The molecule has 5 rings (SSSR count). The van der Waals surface area contributed by atoms with E-state index in [-0.39, 0.29) is 29.5 Å². The monoisotopic (exact) mass is 525 g/mol. The maximum Gasteiger partial charge on any atom is 0.410 e. The molecule has 3 fully saturated rings. The molecule has 1 unspecified atom stereocenters. The van der Waals surface area contributed by atoms with Crippen LogP contribution in [0.25, 0.3) is 11.0 Å². The first-order valence-corrected chi connectivity index (χ1v) is 13.7. The lowest BCUT2D eigenvalue weighted by atomic mass is 9.72. The Bertz CT molecular complexity index is 1300. The smallest absolute Gasteiger partial charge is 0.410 e. The second kappa shape index (κ2) is 9.87. The lowest BCUT2D eigenvalue weighted by Gasteiger charge is -2.53. The number of carbonyl (C=O) groups is 3. The quantitative estimate of drug-likeness (QED) is 0.602. The van der Waals surface area contributed by atoms with Crippen molar-refractivity contribution < 1.29 is 19.1 Å². The van der Waals surface area contributed by atoms with E-state index in [9.17, 15) is 19.2 Å². The molecular weight excluding hydrogens is 486 g/mol. The fraction of sp³-hybridized carbons (Fsp3) is 0.643. The highest BCUT2D eigenvalue weighted by molar-refractivity contribution is 6.00. The van der Waals surface area contributed by atoms with E-state index < -0.39 is 17.6 Å². The summed E-state index contributed by atoms with van der Waals surface area (Å²) in [5, 5.41) is 2.37. The summed E-state index contributed by atoms with van der Waals surface area (Å²) in [5.74, 6) is -0.702. The number of fused-ring (bicyclic) bond motifs is 1. The van der Waals surface area contributed by atoms with Crippen LogP contribution < -0.4 is 11.0 Å². The zero-order valence-corrected chi connectivity index (χ0v) is 22.9. The van der Waals surface area contributed by atoms with Crippen molar-refractivity contribution in [2.24, 2.45) is 12.5 Å². The SMILES string of the molecule is Cn1c(=O)n(C2CCC(=O)NC2=O)c2cccc(CCCN3CCC4(CC3)CN(C(=O)OC(C)(C)C)C4)c21. The zero-order valence-electron chi connectivity index (χ0n) is 22.9. The molecule has 4 heterocycles. The van der Waals surface area contributed by atoms with Gasteiger partial charge in [-0.05, 0) is 84.1 Å². The van der Waals surface area contributed by atoms with Crippen LogP contribution in [0.3, 0.4) is 0 Å². The molecule has 1 atom stereocenters. The van der Waals surface area contributed by atoms with Crippen molar-refractivity contribution in [1.29, 1.82) is 0 Å². The Morgan fingerprint density at radius 2 is 1.84 bits per heavy atom. The van der Waals surface area contributed by atoms with Crippen molar-refractivity contribution in [2.75, 3.05) is 32.7 Å². The number of aryl methyl sites for hydroxylation is 2. The minimum absolute atomic E-state index is 0.208. The Morgan fingerprint density at radius 3 is 2.50 bits per heavy atom. The van der Waals surface area contributed by atoms with Crippen molar-refractivity contribution in [2.45, 2.75) is 70.9 Å². The summed E-state index contributed by atoms with van der Waals surface area (Å²) in [6.45, 7) is 10.3. The molecule has 10 nitrogen and oxygen atoms in total. The zero-order chi connectivity index (χ0) is 27.2. The molecule has 10 heteroatoms. The number of imide groups is 1. The lowest BCUT2D eigenvalue weighted by Crippen LogP contribution is -2.62. The average Bonchev–Trinajstić information content (AvgIpc) is 3.08. The summed E-state index contributed by atoms with van der Waals surface area (Å²) >= 11 is 0. The molecule has 1 spiro atoms. The Labute approximate surface area is 222 Å². The third-order valence-electron chi connectivity index (χ3n) is 8.25. The van der Waals surface area contributed by atoms with Gasteiger partial charge in [-0.15, -0.1) is 0 Å². The third-order valence-corrected chi connectivity index (χ3v) is 8.25. The lowest BCUT2D eigenvalue weighted by molar-refractivity contribution is -0.135. The summed E-state index contributed by atoms with van der Waals surface area (Å²) in [5.41, 5.74) is 2.22. The summed E-state index contributed by atoms with van der Waals surface area (Å²) in [6.07, 6.45) is 4.33. The molecule has 3 aliphatic rings. The average molecular weight is 526 g/mol. The number of nitrogens with one attached hydrogen (secondary N) is 1. The van der Waals surface area contributed by atoms with Crippen molar-refractivity contribution in [3.05, 3.63) is 34.2 Å². The molecule has 0 aliphatic carbocycles. The topological polar surface area (TPSA) is 106 Å². The summed E-state index contributed by atoms with van der Waals surface area (Å²) in [4.78, 5) is 53.8. The highest BCUT2D eigenvalue weighted by Crippen LogP contribution is 2.41. The first kappa shape index (κ1) is 26.5. The van der Waals surface area contributed by atoms with E-state index >= 15 is 0 Å². The molecule has 0 radical (unpaired) electrons. The van der Waals surface area contributed by atoms with Crippen LogP contribution in [-0.2, 0) is 27.8 Å². The van der Waals surface area contributed by atoms with Crippen molar-refractivity contribution >= 4 is 28.9 Å². The van der Waals surface area contributed by atoms with Crippen LogP contribution in [0.5, 0.6) is 0 Å². The summed E-state index contributed by atoms with van der Waals surface area (Å²) in [6, 6.07) is 5.21. The number of imidazole rings is 1. The molecule has 3 aliphatic heterocycles. The number of aromatic nitrogens is 2. The highest BCUT2D eigenvalue weighted by atomic mass is 16.6. The van der Waals surface area contributed by atoms with E-state index in [0.717, 1.165) is 75.0 Å². The van der Waals surface area contributed by atoms with Gasteiger partial charge in [0.15, 0.2) is 0 Å². The molecule has 206 valence electrons. The number of likely N-dealkylation sites (tertiary alicyclic amines) is 2. The van der Waals surface area contributed by atoms with E-state index in [1.165, 1.54) is 0 Å². The maximum atomic E-state index is 13.1. The normalized spacial score (nSPS) is 22.0. The standard InChI is InChI=1S/C28H39N5O5/c1-27(2,3)38-26(37)32-17-28(18-32)12-15-31(16-13-28)14-6-8-19-7-5-9-20-23(19)30(4)25(36)33(20)21-10-11-22(34)29-24(21)35/h5,7,9,21H,6,8,10-18H2,1-4H3,(H,29,34,35). The van der Waals surface area contributed by atoms with E-state index in [0.29, 0.717) is 6.42 Å². The van der Waals surface area contributed by atoms with Gasteiger partial charge in [0.1, 0.15) is 11.6 Å². The van der Waals surface area contributed by atoms with Gasteiger partial charge in [-0.25, -0.2) is 9.59 Å². The largest absolute Gasteiger partial charge is 0.444 e. The number of nitrogens with zero attached hydrogens (tertiary/aromatic N) is 4. The van der Waals surface area contributed by atoms with Gasteiger partial charge < -0.3 is 14.5 Å². The van der Waals surface area contributed by atoms with E-state index in [4.69, 9.17) is 4.74 Å². The molecule has 3 saturated heterocycles. The van der Waals surface area contributed by atoms with Gasteiger partial charge in [0.05, 0.1) is 11.0 Å². The Kier molecular flexibility index (Phi) is 6.87. The molecule has 1 N–H and O–H groups in total.